The molecule has 0 saturated carbocycles. The van der Waals surface area contributed by atoms with Crippen LogP contribution in [0.4, 0.5) is 0 Å². The molecular weight excluding hydrogens is 220 g/mol. The van der Waals surface area contributed by atoms with Gasteiger partial charge in [-0.05, 0) is 29.0 Å². The molecule has 0 fully saturated rings. The topological polar surface area (TPSA) is 39.3 Å². The van der Waals surface area contributed by atoms with Crippen LogP contribution in [0.3, 0.4) is 0 Å². The summed E-state index contributed by atoms with van der Waals surface area (Å²) in [7, 11) is 1.98. The monoisotopic (exact) mass is 232 g/mol. The van der Waals surface area contributed by atoms with Crippen LogP contribution in [-0.4, -0.2) is 35.2 Å². The largest absolute Gasteiger partial charge is 0.395 e. The van der Waals surface area contributed by atoms with Gasteiger partial charge in [-0.2, -0.15) is 0 Å². The van der Waals surface area contributed by atoms with Crippen LogP contribution < -0.4 is 0 Å². The highest BCUT2D eigenvalue weighted by atomic mass is 79.9. The highest BCUT2D eigenvalue weighted by molar-refractivity contribution is 9.10. The van der Waals surface area contributed by atoms with Gasteiger partial charge < -0.3 is 10.1 Å². The van der Waals surface area contributed by atoms with Crippen molar-refractivity contribution in [3.05, 3.63) is 22.4 Å². The van der Waals surface area contributed by atoms with Crippen LogP contribution >= 0.6 is 15.9 Å². The molecule has 0 saturated heterocycles. The molecule has 3 nitrogen and oxygen atoms in total. The van der Waals surface area contributed by atoms with Crippen LogP contribution in [0.5, 0.6) is 0 Å². The normalized spacial score (nSPS) is 11.0. The molecule has 68 valence electrons. The number of aliphatic hydroxyl groups is 1. The third-order valence-electron chi connectivity index (χ3n) is 1.63. The highest BCUT2D eigenvalue weighted by Crippen LogP contribution is 2.11. The van der Waals surface area contributed by atoms with Gasteiger partial charge in [-0.1, -0.05) is 0 Å². The van der Waals surface area contributed by atoms with Crippen LogP contribution in [0.1, 0.15) is 5.69 Å². The van der Waals surface area contributed by atoms with Gasteiger partial charge >= 0.3 is 0 Å². The average molecular weight is 233 g/mol. The van der Waals surface area contributed by atoms with E-state index in [1.54, 1.807) is 0 Å². The number of aromatic amines is 1. The number of hydrogen-bond acceptors (Lipinski definition) is 2. The van der Waals surface area contributed by atoms with Crippen molar-refractivity contribution < 1.29 is 5.11 Å². The molecule has 0 aliphatic carbocycles. The van der Waals surface area contributed by atoms with Crippen LogP contribution in [0.15, 0.2) is 16.7 Å². The predicted molar refractivity (Wildman–Crippen MR) is 51.9 cm³/mol. The van der Waals surface area contributed by atoms with Crippen molar-refractivity contribution in [1.29, 1.82) is 0 Å². The maximum atomic E-state index is 8.66. The molecule has 0 bridgehead atoms. The van der Waals surface area contributed by atoms with Gasteiger partial charge in [-0.3, -0.25) is 4.90 Å². The van der Waals surface area contributed by atoms with Gasteiger partial charge in [0.25, 0.3) is 0 Å². The number of aliphatic hydroxyl groups excluding tert-OH is 1. The summed E-state index contributed by atoms with van der Waals surface area (Å²) in [4.78, 5) is 5.18. The summed E-state index contributed by atoms with van der Waals surface area (Å²) in [5.41, 5.74) is 1.15. The Morgan fingerprint density at radius 3 is 2.92 bits per heavy atom. The molecule has 0 unspecified atom stereocenters. The minimum atomic E-state index is 0.207. The maximum Gasteiger partial charge on any atom is 0.0558 e. The lowest BCUT2D eigenvalue weighted by atomic mass is 10.4. The molecule has 0 spiro atoms. The SMILES string of the molecule is CN(CCO)Cc1cc(Br)c[nH]1. The van der Waals surface area contributed by atoms with Crippen LogP contribution in [0.25, 0.3) is 0 Å². The fourth-order valence-corrected chi connectivity index (χ4v) is 1.43. The van der Waals surface area contributed by atoms with Crippen molar-refractivity contribution >= 4 is 15.9 Å². The average Bonchev–Trinajstić information content (AvgIpc) is 2.36. The summed E-state index contributed by atoms with van der Waals surface area (Å²) < 4.78 is 1.06. The number of hydrogen-bond donors (Lipinski definition) is 2. The lowest BCUT2D eigenvalue weighted by molar-refractivity contribution is 0.216. The number of aromatic nitrogens is 1. The Bertz CT molecular complexity index is 237. The van der Waals surface area contributed by atoms with E-state index >= 15 is 0 Å². The van der Waals surface area contributed by atoms with Gasteiger partial charge in [0.05, 0.1) is 6.61 Å². The van der Waals surface area contributed by atoms with Crippen molar-refractivity contribution in [1.82, 2.24) is 9.88 Å². The number of rotatable bonds is 4. The first-order valence-electron chi connectivity index (χ1n) is 3.84. The third-order valence-corrected chi connectivity index (χ3v) is 2.09. The second-order valence-electron chi connectivity index (χ2n) is 2.80. The number of H-pyrrole nitrogens is 1. The molecule has 4 heteroatoms. The molecule has 0 amide bonds. The van der Waals surface area contributed by atoms with Gasteiger partial charge in [-0.15, -0.1) is 0 Å². The second kappa shape index (κ2) is 4.64. The Morgan fingerprint density at radius 2 is 2.42 bits per heavy atom. The van der Waals surface area contributed by atoms with Crippen molar-refractivity contribution in [2.75, 3.05) is 20.2 Å². The van der Waals surface area contributed by atoms with E-state index in [0.29, 0.717) is 6.54 Å². The lowest BCUT2D eigenvalue weighted by Gasteiger charge is -2.13. The zero-order valence-corrected chi connectivity index (χ0v) is 8.63. The summed E-state index contributed by atoms with van der Waals surface area (Å²) >= 11 is 3.36. The summed E-state index contributed by atoms with van der Waals surface area (Å²) in [6, 6.07) is 2.04. The fourth-order valence-electron chi connectivity index (χ4n) is 1.04. The van der Waals surface area contributed by atoms with Crippen molar-refractivity contribution in [3.8, 4) is 0 Å². The maximum absolute atomic E-state index is 8.66. The zero-order chi connectivity index (χ0) is 8.97. The summed E-state index contributed by atoms with van der Waals surface area (Å²) in [5.74, 6) is 0. The number of halogens is 1. The third kappa shape index (κ3) is 2.97. The van der Waals surface area contributed by atoms with Gasteiger partial charge in [0, 0.05) is 29.5 Å². The van der Waals surface area contributed by atoms with E-state index in [1.165, 1.54) is 0 Å². The molecule has 1 aromatic rings. The van der Waals surface area contributed by atoms with Crippen molar-refractivity contribution in [3.63, 3.8) is 0 Å². The fraction of sp³-hybridized carbons (Fsp3) is 0.500. The zero-order valence-electron chi connectivity index (χ0n) is 7.05. The van der Waals surface area contributed by atoms with Crippen LogP contribution in [-0.2, 0) is 6.54 Å². The molecule has 12 heavy (non-hydrogen) atoms. The van der Waals surface area contributed by atoms with Gasteiger partial charge in [-0.25, -0.2) is 0 Å². The van der Waals surface area contributed by atoms with Gasteiger partial charge in [0.1, 0.15) is 0 Å². The molecule has 0 aromatic carbocycles. The van der Waals surface area contributed by atoms with Gasteiger partial charge in [0.2, 0.25) is 0 Å². The predicted octanol–water partition coefficient (Wildman–Crippen LogP) is 1.20. The first-order chi connectivity index (χ1) is 5.72. The molecule has 1 heterocycles. The molecule has 0 radical (unpaired) electrons. The van der Waals surface area contributed by atoms with E-state index in [9.17, 15) is 0 Å². The first kappa shape index (κ1) is 9.77. The number of likely N-dealkylation sites (N-methyl/N-ethyl adjacent to an activating group) is 1. The molecule has 0 aliphatic heterocycles. The Hall–Kier alpha value is -0.320. The van der Waals surface area contributed by atoms with Gasteiger partial charge in [0.15, 0.2) is 0 Å². The van der Waals surface area contributed by atoms with Crippen LogP contribution in [0.2, 0.25) is 0 Å². The van der Waals surface area contributed by atoms with E-state index in [4.69, 9.17) is 5.11 Å². The van der Waals surface area contributed by atoms with Crippen LogP contribution in [0, 0.1) is 0 Å². The molecule has 0 atom stereocenters. The van der Waals surface area contributed by atoms with E-state index < -0.39 is 0 Å². The Morgan fingerprint density at radius 1 is 1.67 bits per heavy atom. The number of nitrogens with zero attached hydrogens (tertiary/aromatic N) is 1. The number of nitrogens with one attached hydrogen (secondary N) is 1. The quantitative estimate of drug-likeness (QED) is 0.820. The Balaban J connectivity index is 2.41. The summed E-state index contributed by atoms with van der Waals surface area (Å²) in [5, 5.41) is 8.66. The Kier molecular flexibility index (Phi) is 3.78. The summed E-state index contributed by atoms with van der Waals surface area (Å²) in [6.45, 7) is 1.75. The Labute approximate surface area is 80.5 Å². The van der Waals surface area contributed by atoms with E-state index in [1.807, 2.05) is 19.3 Å². The molecular formula is C8H13BrN2O. The van der Waals surface area contributed by atoms with Crippen molar-refractivity contribution in [2.45, 2.75) is 6.54 Å². The second-order valence-corrected chi connectivity index (χ2v) is 3.72. The smallest absolute Gasteiger partial charge is 0.0558 e. The van der Waals surface area contributed by atoms with E-state index in [2.05, 4.69) is 25.8 Å². The summed E-state index contributed by atoms with van der Waals surface area (Å²) in [6.07, 6.45) is 1.90. The molecule has 2 N–H and O–H groups in total. The lowest BCUT2D eigenvalue weighted by Crippen LogP contribution is -2.21. The molecule has 1 aromatic heterocycles. The van der Waals surface area contributed by atoms with E-state index in [0.717, 1.165) is 16.7 Å². The highest BCUT2D eigenvalue weighted by Gasteiger charge is 2.00. The first-order valence-corrected chi connectivity index (χ1v) is 4.64. The standard InChI is InChI=1S/C8H13BrN2O/c1-11(2-3-12)6-8-4-7(9)5-10-8/h4-5,10,12H,2-3,6H2,1H3. The molecule has 0 aliphatic rings. The van der Waals surface area contributed by atoms with Crippen molar-refractivity contribution in [2.24, 2.45) is 0 Å². The molecule has 1 rings (SSSR count). The minimum Gasteiger partial charge on any atom is -0.395 e. The van der Waals surface area contributed by atoms with E-state index in [-0.39, 0.29) is 6.61 Å². The minimum absolute atomic E-state index is 0.207.